The van der Waals surface area contributed by atoms with Crippen LogP contribution in [0, 0.1) is 0 Å². The molecule has 0 amide bonds. The summed E-state index contributed by atoms with van der Waals surface area (Å²) in [5, 5.41) is 1.69. The molecule has 0 radical (unpaired) electrons. The van der Waals surface area contributed by atoms with Crippen LogP contribution in [0.3, 0.4) is 0 Å². The minimum Gasteiger partial charge on any atom is -0.329 e. The van der Waals surface area contributed by atoms with E-state index in [1.54, 1.807) is 43.0 Å². The highest BCUT2D eigenvalue weighted by Crippen LogP contribution is 2.48. The average Bonchev–Trinajstić information content (AvgIpc) is 3.20. The number of hydrazone groups is 2. The van der Waals surface area contributed by atoms with Crippen molar-refractivity contribution in [1.29, 1.82) is 0 Å². The fourth-order valence-electron chi connectivity index (χ4n) is 2.41. The van der Waals surface area contributed by atoms with Crippen molar-refractivity contribution in [3.8, 4) is 0 Å². The Hall–Kier alpha value is -1.81. The molecule has 3 aliphatic heterocycles. The zero-order chi connectivity index (χ0) is 14.6. The maximum absolute atomic E-state index is 4.50. The lowest BCUT2D eigenvalue weighted by Crippen LogP contribution is -2.42. The summed E-state index contributed by atoms with van der Waals surface area (Å²) in [6.07, 6.45) is 3.45. The van der Waals surface area contributed by atoms with Gasteiger partial charge in [-0.3, -0.25) is 4.99 Å². The number of rotatable bonds is 1. The Morgan fingerprint density at radius 3 is 2.43 bits per heavy atom. The van der Waals surface area contributed by atoms with E-state index in [2.05, 4.69) is 54.0 Å². The van der Waals surface area contributed by atoms with Crippen LogP contribution in [0.25, 0.3) is 0 Å². The number of hydrazine groups is 2. The summed E-state index contributed by atoms with van der Waals surface area (Å²) in [4.78, 5) is 15.9. The van der Waals surface area contributed by atoms with Gasteiger partial charge in [0.2, 0.25) is 16.3 Å². The molecular formula is C11H14N8S2+2. The van der Waals surface area contributed by atoms with Gasteiger partial charge in [0.1, 0.15) is 0 Å². The largest absolute Gasteiger partial charge is 0.518 e. The van der Waals surface area contributed by atoms with E-state index in [-0.39, 0.29) is 4.33 Å². The Morgan fingerprint density at radius 2 is 1.81 bits per heavy atom. The van der Waals surface area contributed by atoms with Crippen LogP contribution in [0.5, 0.6) is 0 Å². The second kappa shape index (κ2) is 4.34. The summed E-state index contributed by atoms with van der Waals surface area (Å²) in [5.74, 6) is 0.591. The summed E-state index contributed by atoms with van der Waals surface area (Å²) in [5.41, 5.74) is 9.00. The van der Waals surface area contributed by atoms with Gasteiger partial charge >= 0.3 is 4.33 Å². The van der Waals surface area contributed by atoms with Gasteiger partial charge in [0.15, 0.2) is 0 Å². The predicted molar refractivity (Wildman–Crippen MR) is 85.1 cm³/mol. The van der Waals surface area contributed by atoms with E-state index >= 15 is 0 Å². The maximum Gasteiger partial charge on any atom is 0.518 e. The van der Waals surface area contributed by atoms with E-state index in [1.165, 1.54) is 0 Å². The molecule has 3 N–H and O–H groups in total. The quantitative estimate of drug-likeness (QED) is 0.654. The molecule has 1 atom stereocenters. The van der Waals surface area contributed by atoms with Gasteiger partial charge in [-0.15, -0.1) is 10.9 Å². The molecule has 4 rings (SSSR count). The summed E-state index contributed by atoms with van der Waals surface area (Å²) >= 11 is 3.29. The summed E-state index contributed by atoms with van der Waals surface area (Å²) in [6, 6.07) is 0. The molecule has 0 bridgehead atoms. The maximum atomic E-state index is 4.50. The molecule has 108 valence electrons. The Bertz CT molecular complexity index is 744. The van der Waals surface area contributed by atoms with Crippen LogP contribution in [-0.4, -0.2) is 52.5 Å². The van der Waals surface area contributed by atoms with Crippen molar-refractivity contribution in [2.75, 3.05) is 7.05 Å². The van der Waals surface area contributed by atoms with Crippen molar-refractivity contribution in [2.45, 2.75) is 18.2 Å². The Kier molecular flexibility index (Phi) is 2.67. The van der Waals surface area contributed by atoms with Gasteiger partial charge in [0.05, 0.1) is 23.5 Å². The van der Waals surface area contributed by atoms with Gasteiger partial charge in [-0.25, -0.2) is 4.98 Å². The van der Waals surface area contributed by atoms with Crippen molar-refractivity contribution in [1.82, 2.24) is 20.8 Å². The number of aromatic nitrogens is 2. The number of nitrogens with zero attached hydrogens (tertiary/aromatic N) is 5. The Balaban J connectivity index is 1.77. The van der Waals surface area contributed by atoms with Crippen LogP contribution < -0.4 is 10.9 Å². The third-order valence-electron chi connectivity index (χ3n) is 3.53. The summed E-state index contributed by atoms with van der Waals surface area (Å²) in [7, 11) is 1.79. The molecule has 0 saturated carbocycles. The minimum absolute atomic E-state index is 0.353. The molecule has 1 spiro atoms. The van der Waals surface area contributed by atoms with E-state index in [4.69, 9.17) is 0 Å². The molecular weight excluding hydrogens is 308 g/mol. The topological polar surface area (TPSA) is 83.5 Å². The lowest BCUT2D eigenvalue weighted by Gasteiger charge is -2.01. The van der Waals surface area contributed by atoms with Crippen LogP contribution in [-0.2, 0) is 0 Å². The molecule has 8 nitrogen and oxygen atoms in total. The SMILES string of the molecule is CN=C1N[N+]2=C(C)C(C)=[N+]3NC(=Nc4ncc[nH]4)SC23S1. The molecule has 4 heterocycles. The van der Waals surface area contributed by atoms with Crippen LogP contribution in [0.15, 0.2) is 22.4 Å². The smallest absolute Gasteiger partial charge is 0.329 e. The molecule has 1 unspecified atom stereocenters. The van der Waals surface area contributed by atoms with Gasteiger partial charge in [-0.2, -0.15) is 4.99 Å². The molecule has 0 aromatic carbocycles. The fourth-order valence-corrected chi connectivity index (χ4v) is 5.14. The van der Waals surface area contributed by atoms with E-state index < -0.39 is 0 Å². The lowest BCUT2D eigenvalue weighted by atomic mass is 10.3. The number of aromatic amines is 1. The molecule has 2 saturated heterocycles. The van der Waals surface area contributed by atoms with E-state index in [0.29, 0.717) is 5.95 Å². The van der Waals surface area contributed by atoms with Gasteiger partial charge in [0, 0.05) is 33.3 Å². The second-order valence-electron chi connectivity index (χ2n) is 4.68. The summed E-state index contributed by atoms with van der Waals surface area (Å²) < 4.78 is 3.89. The Labute approximate surface area is 129 Å². The van der Waals surface area contributed by atoms with Crippen LogP contribution in [0.1, 0.15) is 13.8 Å². The highest BCUT2D eigenvalue weighted by molar-refractivity contribution is 8.30. The highest BCUT2D eigenvalue weighted by Gasteiger charge is 2.74. The monoisotopic (exact) mass is 322 g/mol. The first kappa shape index (κ1) is 12.9. The first-order valence-electron chi connectivity index (χ1n) is 6.38. The molecule has 3 aliphatic rings. The number of hydrogen-bond acceptors (Lipinski definition) is 5. The third kappa shape index (κ3) is 1.69. The molecule has 1 aromatic heterocycles. The number of imidazole rings is 1. The fraction of sp³-hybridized carbons (Fsp3) is 0.364. The zero-order valence-corrected chi connectivity index (χ0v) is 13.3. The Morgan fingerprint density at radius 1 is 1.14 bits per heavy atom. The minimum atomic E-state index is -0.353. The van der Waals surface area contributed by atoms with Crippen molar-refractivity contribution in [2.24, 2.45) is 9.98 Å². The van der Waals surface area contributed by atoms with E-state index in [9.17, 15) is 0 Å². The second-order valence-corrected chi connectivity index (χ2v) is 7.25. The number of thioether (sulfide) groups is 2. The van der Waals surface area contributed by atoms with Crippen LogP contribution >= 0.6 is 23.5 Å². The molecule has 2 fully saturated rings. The van der Waals surface area contributed by atoms with Gasteiger partial charge in [0.25, 0.3) is 11.4 Å². The van der Waals surface area contributed by atoms with Crippen molar-refractivity contribution in [3.63, 3.8) is 0 Å². The molecule has 21 heavy (non-hydrogen) atoms. The van der Waals surface area contributed by atoms with Gasteiger partial charge in [-0.1, -0.05) is 0 Å². The zero-order valence-electron chi connectivity index (χ0n) is 11.7. The third-order valence-corrected chi connectivity index (χ3v) is 6.13. The first-order valence-corrected chi connectivity index (χ1v) is 8.01. The number of hydrogen-bond donors (Lipinski definition) is 3. The van der Waals surface area contributed by atoms with Gasteiger partial charge < -0.3 is 4.98 Å². The average molecular weight is 322 g/mol. The van der Waals surface area contributed by atoms with E-state index in [1.807, 2.05) is 0 Å². The van der Waals surface area contributed by atoms with E-state index in [0.717, 1.165) is 21.8 Å². The van der Waals surface area contributed by atoms with Crippen molar-refractivity contribution in [3.05, 3.63) is 12.4 Å². The first-order chi connectivity index (χ1) is 10.1. The molecule has 0 aliphatic carbocycles. The summed E-state index contributed by atoms with van der Waals surface area (Å²) in [6.45, 7) is 4.18. The normalized spacial score (nSPS) is 31.0. The number of nitrogens with one attached hydrogen (secondary N) is 3. The molecule has 10 heteroatoms. The van der Waals surface area contributed by atoms with Crippen LogP contribution in [0.4, 0.5) is 5.95 Å². The highest BCUT2D eigenvalue weighted by atomic mass is 32.2. The predicted octanol–water partition coefficient (Wildman–Crippen LogP) is 0.458. The molecule has 1 aromatic rings. The number of amidine groups is 2. The van der Waals surface area contributed by atoms with Crippen molar-refractivity contribution >= 4 is 51.2 Å². The van der Waals surface area contributed by atoms with Crippen LogP contribution in [0.2, 0.25) is 0 Å². The standard InChI is InChI=1S/C11H12N8S2/c1-6-7(2)19-11(18(6)16-9(12-3)20-11)21-10(17-19)15-8-13-4-5-14-8/h4-5H,1-3H3,(H,12,16)/p+2. The lowest BCUT2D eigenvalue weighted by molar-refractivity contribution is -0.779. The number of H-pyrrole nitrogens is 1. The van der Waals surface area contributed by atoms with Crippen molar-refractivity contribution < 1.29 is 9.37 Å². The number of aliphatic imine (C=N–C) groups is 2. The van der Waals surface area contributed by atoms with Gasteiger partial charge in [-0.05, 0) is 9.37 Å².